The normalized spacial score (nSPS) is 10.3. The molecule has 2 nitrogen and oxygen atoms in total. The Balaban J connectivity index is 2.76. The van der Waals surface area contributed by atoms with E-state index in [2.05, 4.69) is 4.37 Å². The quantitative estimate of drug-likeness (QED) is 0.662. The lowest BCUT2D eigenvalue weighted by molar-refractivity contribution is 0.615. The second-order valence-corrected chi connectivity index (χ2v) is 2.93. The number of nitrogens with zero attached hydrogens (tertiary/aromatic N) is 1. The highest BCUT2D eigenvalue weighted by atomic mass is 32.1. The number of hydrogen-bond acceptors (Lipinski definition) is 3. The molecule has 1 aromatic carbocycles. The van der Waals surface area contributed by atoms with Gasteiger partial charge in [-0.3, -0.25) is 0 Å². The zero-order valence-corrected chi connectivity index (χ0v) is 6.36. The number of benzene rings is 1. The van der Waals surface area contributed by atoms with Crippen molar-refractivity contribution < 1.29 is 4.48 Å². The maximum Gasteiger partial charge on any atom is 0.175 e. The Morgan fingerprint density at radius 1 is 1.36 bits per heavy atom. The van der Waals surface area contributed by atoms with Crippen LogP contribution in [-0.2, 0) is 0 Å². The van der Waals surface area contributed by atoms with E-state index in [0.29, 0.717) is 5.82 Å². The van der Waals surface area contributed by atoms with E-state index in [1.54, 1.807) is 5.54 Å². The third kappa shape index (κ3) is 0.952. The number of fused-ring (bicyclic) bond motifs is 1. The largest absolute Gasteiger partial charge is 0.205 e. The Labute approximate surface area is 66.8 Å². The molecule has 56 valence electrons. The van der Waals surface area contributed by atoms with E-state index in [9.17, 15) is 4.48 Å². The van der Waals surface area contributed by atoms with Crippen LogP contribution in [0.15, 0.2) is 24.3 Å². The van der Waals surface area contributed by atoms with Gasteiger partial charge < -0.3 is 0 Å². The molecule has 0 spiro atoms. The molecule has 1 N–H and O–H groups in total. The predicted molar refractivity (Wildman–Crippen MR) is 44.4 cm³/mol. The number of hydrogen-bond donors (Lipinski definition) is 1. The highest BCUT2D eigenvalue weighted by Gasteiger charge is 2.02. The molecule has 0 amide bonds. The van der Waals surface area contributed by atoms with Crippen LogP contribution in [0.2, 0.25) is 0 Å². The lowest BCUT2D eigenvalue weighted by atomic mass is 10.3. The summed E-state index contributed by atoms with van der Waals surface area (Å²) in [5.41, 5.74) is 1.55. The van der Waals surface area contributed by atoms with Crippen molar-refractivity contribution >= 4 is 27.4 Å². The van der Waals surface area contributed by atoms with Crippen LogP contribution in [0.5, 0.6) is 0 Å². The molecule has 0 saturated heterocycles. The molecule has 0 atom stereocenters. The Morgan fingerprint density at radius 3 is 3.00 bits per heavy atom. The van der Waals surface area contributed by atoms with Gasteiger partial charge in [0.25, 0.3) is 0 Å². The highest BCUT2D eigenvalue weighted by molar-refractivity contribution is 7.13. The first kappa shape index (κ1) is 6.54. The fourth-order valence-electron chi connectivity index (χ4n) is 0.954. The van der Waals surface area contributed by atoms with Gasteiger partial charge in [0.2, 0.25) is 0 Å². The van der Waals surface area contributed by atoms with Crippen molar-refractivity contribution in [2.45, 2.75) is 0 Å². The fourth-order valence-corrected chi connectivity index (χ4v) is 1.68. The molecule has 0 unspecified atom stereocenters. The van der Waals surface area contributed by atoms with Gasteiger partial charge in [-0.15, -0.1) is 4.48 Å². The average Bonchev–Trinajstić information content (AvgIpc) is 2.47. The first-order valence-electron chi connectivity index (χ1n) is 3.13. The summed E-state index contributed by atoms with van der Waals surface area (Å²) < 4.78 is 16.8. The van der Waals surface area contributed by atoms with Crippen molar-refractivity contribution in [1.82, 2.24) is 4.37 Å². The third-order valence-electron chi connectivity index (χ3n) is 1.47. The summed E-state index contributed by atoms with van der Waals surface area (Å²) in [5, 5.41) is 0.833. The van der Waals surface area contributed by atoms with Gasteiger partial charge in [0.1, 0.15) is 0 Å². The lowest BCUT2D eigenvalue weighted by Gasteiger charge is -1.88. The van der Waals surface area contributed by atoms with E-state index in [4.69, 9.17) is 0 Å². The van der Waals surface area contributed by atoms with Crippen LogP contribution >= 0.6 is 11.5 Å². The monoisotopic (exact) mass is 168 g/mol. The van der Waals surface area contributed by atoms with Gasteiger partial charge in [0.05, 0.1) is 4.70 Å². The van der Waals surface area contributed by atoms with Gasteiger partial charge in [-0.05, 0) is 23.7 Å². The van der Waals surface area contributed by atoms with E-state index < -0.39 is 0 Å². The molecule has 0 radical (unpaired) electrons. The van der Waals surface area contributed by atoms with E-state index >= 15 is 0 Å². The molecule has 1 heterocycles. The van der Waals surface area contributed by atoms with Crippen LogP contribution in [0, 0.1) is 0 Å². The van der Waals surface area contributed by atoms with Crippen molar-refractivity contribution in [2.75, 3.05) is 5.54 Å². The average molecular weight is 168 g/mol. The SMILES string of the molecule is FNc1nsc2ccccc12. The minimum absolute atomic E-state index is 0.311. The zero-order chi connectivity index (χ0) is 7.68. The second-order valence-electron chi connectivity index (χ2n) is 2.12. The van der Waals surface area contributed by atoms with E-state index in [0.717, 1.165) is 10.1 Å². The van der Waals surface area contributed by atoms with E-state index in [-0.39, 0.29) is 0 Å². The van der Waals surface area contributed by atoms with Crippen LogP contribution in [-0.4, -0.2) is 4.37 Å². The topological polar surface area (TPSA) is 24.9 Å². The first-order chi connectivity index (χ1) is 5.42. The third-order valence-corrected chi connectivity index (χ3v) is 2.29. The summed E-state index contributed by atoms with van der Waals surface area (Å²) in [5.74, 6) is 0.311. The first-order valence-corrected chi connectivity index (χ1v) is 3.90. The Hall–Kier alpha value is -1.16. The molecule has 0 aliphatic carbocycles. The Morgan fingerprint density at radius 2 is 2.18 bits per heavy atom. The van der Waals surface area contributed by atoms with Crippen molar-refractivity contribution in [3.8, 4) is 0 Å². The van der Waals surface area contributed by atoms with Crippen molar-refractivity contribution in [2.24, 2.45) is 0 Å². The van der Waals surface area contributed by atoms with Crippen LogP contribution in [0.25, 0.3) is 10.1 Å². The van der Waals surface area contributed by atoms with Gasteiger partial charge >= 0.3 is 0 Å². The second kappa shape index (κ2) is 2.47. The lowest BCUT2D eigenvalue weighted by Crippen LogP contribution is -1.79. The van der Waals surface area contributed by atoms with E-state index in [1.165, 1.54) is 11.5 Å². The standard InChI is InChI=1S/C7H5FN2S/c8-9-7-5-3-1-2-4-6(5)11-10-7/h1-4H,(H,9,10). The molecule has 0 saturated carbocycles. The molecule has 1 aromatic heterocycles. The molecule has 0 fully saturated rings. The maximum absolute atomic E-state index is 12.0. The van der Waals surface area contributed by atoms with Gasteiger partial charge in [-0.1, -0.05) is 12.1 Å². The minimum Gasteiger partial charge on any atom is -0.205 e. The number of rotatable bonds is 1. The van der Waals surface area contributed by atoms with Crippen LogP contribution < -0.4 is 5.54 Å². The number of anilines is 1. The molecule has 0 aliphatic heterocycles. The molecule has 11 heavy (non-hydrogen) atoms. The Kier molecular flexibility index (Phi) is 1.47. The van der Waals surface area contributed by atoms with Gasteiger partial charge in [0.15, 0.2) is 5.82 Å². The van der Waals surface area contributed by atoms with Gasteiger partial charge in [-0.25, -0.2) is 5.54 Å². The fraction of sp³-hybridized carbons (Fsp3) is 0. The van der Waals surface area contributed by atoms with Crippen molar-refractivity contribution in [1.29, 1.82) is 0 Å². The molecule has 2 aromatic rings. The van der Waals surface area contributed by atoms with Crippen molar-refractivity contribution in [3.05, 3.63) is 24.3 Å². The van der Waals surface area contributed by atoms with Crippen LogP contribution in [0.4, 0.5) is 10.3 Å². The minimum atomic E-state index is 0.311. The maximum atomic E-state index is 12.0. The van der Waals surface area contributed by atoms with Gasteiger partial charge in [-0.2, -0.15) is 4.37 Å². The van der Waals surface area contributed by atoms with E-state index in [1.807, 2.05) is 24.3 Å². The smallest absolute Gasteiger partial charge is 0.175 e. The molecular weight excluding hydrogens is 163 g/mol. The summed E-state index contributed by atoms with van der Waals surface area (Å²) in [6.45, 7) is 0. The number of halogens is 1. The summed E-state index contributed by atoms with van der Waals surface area (Å²) in [7, 11) is 0. The summed E-state index contributed by atoms with van der Waals surface area (Å²) in [6.07, 6.45) is 0. The summed E-state index contributed by atoms with van der Waals surface area (Å²) >= 11 is 1.29. The molecule has 0 bridgehead atoms. The zero-order valence-electron chi connectivity index (χ0n) is 5.54. The number of aromatic nitrogens is 1. The van der Waals surface area contributed by atoms with Crippen LogP contribution in [0.1, 0.15) is 0 Å². The van der Waals surface area contributed by atoms with Crippen molar-refractivity contribution in [3.63, 3.8) is 0 Å². The Bertz CT molecular complexity index is 371. The molecule has 0 aliphatic rings. The predicted octanol–water partition coefficient (Wildman–Crippen LogP) is 2.59. The molecule has 4 heteroatoms. The van der Waals surface area contributed by atoms with Gasteiger partial charge in [0, 0.05) is 5.39 Å². The van der Waals surface area contributed by atoms with Crippen LogP contribution in [0.3, 0.4) is 0 Å². The highest BCUT2D eigenvalue weighted by Crippen LogP contribution is 2.25. The molecular formula is C7H5FN2S. The number of nitrogens with one attached hydrogen (secondary N) is 1. The molecule has 2 rings (SSSR count). The summed E-state index contributed by atoms with van der Waals surface area (Å²) in [6, 6.07) is 7.51. The summed E-state index contributed by atoms with van der Waals surface area (Å²) in [4.78, 5) is 0.